The molecule has 0 aliphatic carbocycles. The maximum absolute atomic E-state index is 5.83. The van der Waals surface area contributed by atoms with Gasteiger partial charge in [-0.05, 0) is 71.0 Å². The highest BCUT2D eigenvalue weighted by Crippen LogP contribution is 2.33. The Kier molecular flexibility index (Phi) is 9.09. The third-order valence-corrected chi connectivity index (χ3v) is 6.76. The number of nitrogens with one attached hydrogen (secondary N) is 2. The Balaban J connectivity index is 0.00000272. The van der Waals surface area contributed by atoms with Crippen molar-refractivity contribution >= 4 is 35.6 Å². The number of aliphatic imine (C=N–C) groups is 1. The first-order valence-electron chi connectivity index (χ1n) is 11.5. The van der Waals surface area contributed by atoms with Gasteiger partial charge in [-0.2, -0.15) is 0 Å². The number of halogens is 1. The summed E-state index contributed by atoms with van der Waals surface area (Å²) >= 11 is 0. The van der Waals surface area contributed by atoms with E-state index in [-0.39, 0.29) is 29.5 Å². The lowest BCUT2D eigenvalue weighted by Gasteiger charge is -2.50. The van der Waals surface area contributed by atoms with Crippen molar-refractivity contribution in [1.82, 2.24) is 15.1 Å². The van der Waals surface area contributed by atoms with Crippen LogP contribution >= 0.6 is 24.0 Å². The number of guanidine groups is 1. The Bertz CT molecular complexity index is 731. The first-order chi connectivity index (χ1) is 14.7. The van der Waals surface area contributed by atoms with E-state index in [1.54, 1.807) is 0 Å². The zero-order valence-corrected chi connectivity index (χ0v) is 21.3. The summed E-state index contributed by atoms with van der Waals surface area (Å²) < 4.78 is 11.6. The smallest absolute Gasteiger partial charge is 0.195 e. The van der Waals surface area contributed by atoms with Crippen molar-refractivity contribution in [3.05, 3.63) is 18.2 Å². The molecule has 174 valence electrons. The average Bonchev–Trinajstić information content (AvgIpc) is 3.03. The van der Waals surface area contributed by atoms with Crippen LogP contribution in [0.1, 0.15) is 38.5 Å². The molecule has 0 bridgehead atoms. The van der Waals surface area contributed by atoms with E-state index in [4.69, 9.17) is 9.47 Å². The molecule has 0 saturated carbocycles. The molecule has 7 nitrogen and oxygen atoms in total. The van der Waals surface area contributed by atoms with Gasteiger partial charge in [-0.25, -0.2) is 0 Å². The Hall–Kier alpha value is -1.26. The van der Waals surface area contributed by atoms with Crippen LogP contribution in [-0.2, 0) is 0 Å². The highest BCUT2D eigenvalue weighted by molar-refractivity contribution is 14.0. The average molecular weight is 543 g/mol. The van der Waals surface area contributed by atoms with Gasteiger partial charge in [0.2, 0.25) is 0 Å². The van der Waals surface area contributed by atoms with Crippen LogP contribution in [0.5, 0.6) is 11.5 Å². The Morgan fingerprint density at radius 2 is 1.71 bits per heavy atom. The number of piperidine rings is 2. The van der Waals surface area contributed by atoms with Gasteiger partial charge in [-0.1, -0.05) is 6.42 Å². The van der Waals surface area contributed by atoms with E-state index in [0.717, 1.165) is 49.2 Å². The lowest BCUT2D eigenvalue weighted by atomic mass is 9.84. The molecule has 0 spiro atoms. The minimum Gasteiger partial charge on any atom is -0.490 e. The third kappa shape index (κ3) is 6.16. The van der Waals surface area contributed by atoms with Crippen LogP contribution in [0.3, 0.4) is 0 Å². The van der Waals surface area contributed by atoms with Crippen LogP contribution in [-0.4, -0.2) is 81.3 Å². The second-order valence-electron chi connectivity index (χ2n) is 8.84. The molecule has 1 aromatic carbocycles. The fourth-order valence-corrected chi connectivity index (χ4v) is 4.81. The maximum Gasteiger partial charge on any atom is 0.195 e. The summed E-state index contributed by atoms with van der Waals surface area (Å²) in [6.45, 7) is 7.08. The molecular formula is C23H38IN5O2. The molecule has 3 aliphatic heterocycles. The van der Waals surface area contributed by atoms with Gasteiger partial charge in [0.15, 0.2) is 17.5 Å². The molecule has 0 radical (unpaired) electrons. The number of hydrogen-bond donors (Lipinski definition) is 2. The normalized spacial score (nSPS) is 22.2. The lowest BCUT2D eigenvalue weighted by Crippen LogP contribution is -2.61. The van der Waals surface area contributed by atoms with E-state index >= 15 is 0 Å². The van der Waals surface area contributed by atoms with Gasteiger partial charge in [0, 0.05) is 37.3 Å². The Labute approximate surface area is 204 Å². The number of fused-ring (bicyclic) bond motifs is 1. The highest BCUT2D eigenvalue weighted by atomic mass is 127. The van der Waals surface area contributed by atoms with E-state index < -0.39 is 0 Å². The summed E-state index contributed by atoms with van der Waals surface area (Å²) in [6.07, 6.45) is 7.33. The molecular weight excluding hydrogens is 505 g/mol. The third-order valence-electron chi connectivity index (χ3n) is 6.76. The summed E-state index contributed by atoms with van der Waals surface area (Å²) in [5.74, 6) is 2.42. The molecule has 3 heterocycles. The SMILES string of the molecule is CN=C(NCC1(N2CCCCC2)CCN(C)CC1)Nc1ccc2c(c1)OCCCO2.I. The first-order valence-corrected chi connectivity index (χ1v) is 11.5. The van der Waals surface area contributed by atoms with Gasteiger partial charge < -0.3 is 25.0 Å². The van der Waals surface area contributed by atoms with Gasteiger partial charge in [0.05, 0.1) is 13.2 Å². The van der Waals surface area contributed by atoms with Gasteiger partial charge in [-0.3, -0.25) is 9.89 Å². The molecule has 2 N–H and O–H groups in total. The van der Waals surface area contributed by atoms with Crippen molar-refractivity contribution < 1.29 is 9.47 Å². The largest absolute Gasteiger partial charge is 0.490 e. The number of benzene rings is 1. The summed E-state index contributed by atoms with van der Waals surface area (Å²) in [7, 11) is 4.07. The summed E-state index contributed by atoms with van der Waals surface area (Å²) in [5, 5.41) is 7.08. The van der Waals surface area contributed by atoms with Crippen molar-refractivity contribution in [2.24, 2.45) is 4.99 Å². The van der Waals surface area contributed by atoms with E-state index in [9.17, 15) is 0 Å². The number of hydrogen-bond acceptors (Lipinski definition) is 5. The molecule has 31 heavy (non-hydrogen) atoms. The van der Waals surface area contributed by atoms with Gasteiger partial charge >= 0.3 is 0 Å². The second-order valence-corrected chi connectivity index (χ2v) is 8.84. The molecule has 2 saturated heterocycles. The monoisotopic (exact) mass is 543 g/mol. The summed E-state index contributed by atoms with van der Waals surface area (Å²) in [4.78, 5) is 9.68. The fraction of sp³-hybridized carbons (Fsp3) is 0.696. The van der Waals surface area contributed by atoms with Crippen molar-refractivity contribution in [2.75, 3.05) is 65.3 Å². The van der Waals surface area contributed by atoms with E-state index in [0.29, 0.717) is 13.2 Å². The summed E-state index contributed by atoms with van der Waals surface area (Å²) in [6, 6.07) is 6.00. The van der Waals surface area contributed by atoms with Crippen LogP contribution in [0.4, 0.5) is 5.69 Å². The fourth-order valence-electron chi connectivity index (χ4n) is 4.81. The number of likely N-dealkylation sites (tertiary alicyclic amines) is 2. The van der Waals surface area contributed by atoms with Crippen LogP contribution in [0, 0.1) is 0 Å². The van der Waals surface area contributed by atoms with Crippen molar-refractivity contribution in [2.45, 2.75) is 44.1 Å². The number of ether oxygens (including phenoxy) is 2. The van der Waals surface area contributed by atoms with E-state index in [2.05, 4.69) is 32.5 Å². The van der Waals surface area contributed by atoms with Gasteiger partial charge in [0.1, 0.15) is 0 Å². The van der Waals surface area contributed by atoms with Crippen molar-refractivity contribution in [1.29, 1.82) is 0 Å². The van der Waals surface area contributed by atoms with Crippen LogP contribution < -0.4 is 20.1 Å². The standard InChI is InChI=1S/C23H37N5O2.HI/c1-24-22(26-19-7-8-20-21(17-19)30-16-6-15-29-20)25-18-23(9-13-27(2)14-10-23)28-11-4-3-5-12-28;/h7-8,17H,3-6,9-16,18H2,1-2H3,(H2,24,25,26);1H. The molecule has 0 aromatic heterocycles. The number of anilines is 1. The molecule has 1 aromatic rings. The van der Waals surface area contributed by atoms with Crippen LogP contribution in [0.2, 0.25) is 0 Å². The zero-order chi connectivity index (χ0) is 20.8. The van der Waals surface area contributed by atoms with Gasteiger partial charge in [-0.15, -0.1) is 24.0 Å². The first kappa shape index (κ1) is 24.4. The molecule has 0 atom stereocenters. The Morgan fingerprint density at radius 3 is 2.42 bits per heavy atom. The van der Waals surface area contributed by atoms with E-state index in [1.165, 1.54) is 45.2 Å². The molecule has 2 fully saturated rings. The molecule has 8 heteroatoms. The predicted octanol–water partition coefficient (Wildman–Crippen LogP) is 3.40. The molecule has 4 rings (SSSR count). The minimum absolute atomic E-state index is 0. The minimum atomic E-state index is 0. The summed E-state index contributed by atoms with van der Waals surface area (Å²) in [5.41, 5.74) is 1.18. The molecule has 0 amide bonds. The maximum atomic E-state index is 5.83. The highest BCUT2D eigenvalue weighted by Gasteiger charge is 2.39. The lowest BCUT2D eigenvalue weighted by molar-refractivity contribution is 0.0174. The van der Waals surface area contributed by atoms with Crippen LogP contribution in [0.25, 0.3) is 0 Å². The molecule has 3 aliphatic rings. The number of rotatable bonds is 4. The van der Waals surface area contributed by atoms with Crippen molar-refractivity contribution in [3.8, 4) is 11.5 Å². The van der Waals surface area contributed by atoms with Gasteiger partial charge in [0.25, 0.3) is 0 Å². The topological polar surface area (TPSA) is 61.4 Å². The predicted molar refractivity (Wildman–Crippen MR) is 137 cm³/mol. The number of nitrogens with zero attached hydrogens (tertiary/aromatic N) is 3. The second kappa shape index (κ2) is 11.6. The van der Waals surface area contributed by atoms with Crippen molar-refractivity contribution in [3.63, 3.8) is 0 Å². The van der Waals surface area contributed by atoms with Crippen LogP contribution in [0.15, 0.2) is 23.2 Å². The quantitative estimate of drug-likeness (QED) is 0.345. The van der Waals surface area contributed by atoms with E-state index in [1.807, 2.05) is 25.2 Å². The Morgan fingerprint density at radius 1 is 1.00 bits per heavy atom. The molecule has 0 unspecified atom stereocenters. The zero-order valence-electron chi connectivity index (χ0n) is 19.0.